The molecule has 1 fully saturated rings. The molecule has 0 aliphatic carbocycles. The minimum absolute atomic E-state index is 0.163. The molecular formula is C24H28N3O2S+. The second kappa shape index (κ2) is 9.78. The molecule has 0 spiro atoms. The van der Waals surface area contributed by atoms with E-state index in [9.17, 15) is 4.79 Å². The van der Waals surface area contributed by atoms with E-state index in [0.717, 1.165) is 31.9 Å². The lowest BCUT2D eigenvalue weighted by Crippen LogP contribution is -2.87. The summed E-state index contributed by atoms with van der Waals surface area (Å²) in [7, 11) is 1.68. The van der Waals surface area contributed by atoms with E-state index in [2.05, 4.69) is 64.1 Å². The Morgan fingerprint density at radius 3 is 2.37 bits per heavy atom. The first-order chi connectivity index (χ1) is 14.7. The highest BCUT2D eigenvalue weighted by atomic mass is 32.1. The van der Waals surface area contributed by atoms with Gasteiger partial charge in [0.1, 0.15) is 11.8 Å². The molecule has 0 unspecified atom stereocenters. The average Bonchev–Trinajstić information content (AvgIpc) is 3.35. The van der Waals surface area contributed by atoms with Crippen LogP contribution < -0.4 is 15.0 Å². The fraction of sp³-hybridized carbons (Fsp3) is 0.292. The number of quaternary nitrogens is 1. The number of rotatable bonds is 7. The molecule has 156 valence electrons. The second-order valence-corrected chi connectivity index (χ2v) is 8.39. The molecule has 30 heavy (non-hydrogen) atoms. The predicted octanol–water partition coefficient (Wildman–Crippen LogP) is 2.76. The maximum atomic E-state index is 12.9. The van der Waals surface area contributed by atoms with Gasteiger partial charge < -0.3 is 19.9 Å². The van der Waals surface area contributed by atoms with Crippen LogP contribution in [0.2, 0.25) is 0 Å². The summed E-state index contributed by atoms with van der Waals surface area (Å²) >= 11 is 1.74. The Hall–Kier alpha value is -2.83. The van der Waals surface area contributed by atoms with Crippen LogP contribution in [0.5, 0.6) is 5.75 Å². The fourth-order valence-electron chi connectivity index (χ4n) is 3.90. The second-order valence-electron chi connectivity index (χ2n) is 7.41. The van der Waals surface area contributed by atoms with E-state index in [1.165, 1.54) is 16.1 Å². The number of hydrogen-bond donors (Lipinski definition) is 1. The number of nitrogens with two attached hydrogens (primary N) is 1. The quantitative estimate of drug-likeness (QED) is 0.637. The fourth-order valence-corrected chi connectivity index (χ4v) is 4.75. The zero-order valence-corrected chi connectivity index (χ0v) is 18.1. The van der Waals surface area contributed by atoms with Crippen molar-refractivity contribution in [2.75, 3.05) is 44.7 Å². The zero-order valence-electron chi connectivity index (χ0n) is 17.2. The first-order valence-electron chi connectivity index (χ1n) is 10.3. The number of amides is 1. The Labute approximate surface area is 181 Å². The lowest BCUT2D eigenvalue weighted by atomic mass is 10.1. The lowest BCUT2D eigenvalue weighted by molar-refractivity contribution is -0.676. The van der Waals surface area contributed by atoms with Crippen LogP contribution in [-0.4, -0.2) is 50.6 Å². The minimum atomic E-state index is 0.163. The number of hydrogen-bond acceptors (Lipinski definition) is 4. The molecule has 5 nitrogen and oxygen atoms in total. The normalized spacial score (nSPS) is 15.1. The summed E-state index contributed by atoms with van der Waals surface area (Å²) in [4.78, 5) is 18.5. The SMILES string of the molecule is COc1ccc(N2CCN(C(=O)C[NH2+][C@@H](c3ccccc3)c3cccs3)CC2)cc1. The average molecular weight is 423 g/mol. The Morgan fingerprint density at radius 2 is 1.73 bits per heavy atom. The zero-order chi connectivity index (χ0) is 20.8. The first-order valence-corrected chi connectivity index (χ1v) is 11.2. The van der Waals surface area contributed by atoms with Crippen LogP contribution in [0.1, 0.15) is 16.5 Å². The van der Waals surface area contributed by atoms with Gasteiger partial charge in [0.2, 0.25) is 0 Å². The van der Waals surface area contributed by atoms with Gasteiger partial charge in [0.25, 0.3) is 5.91 Å². The molecule has 4 rings (SSSR count). The summed E-state index contributed by atoms with van der Waals surface area (Å²) in [5.41, 5.74) is 2.41. The van der Waals surface area contributed by atoms with Gasteiger partial charge in [-0.25, -0.2) is 0 Å². The number of carbonyl (C=O) groups excluding carboxylic acids is 1. The number of methoxy groups -OCH3 is 1. The van der Waals surface area contributed by atoms with Gasteiger partial charge in [0.15, 0.2) is 6.54 Å². The van der Waals surface area contributed by atoms with E-state index < -0.39 is 0 Å². The number of thiophene rings is 1. The summed E-state index contributed by atoms with van der Waals surface area (Å²) in [6.07, 6.45) is 0. The van der Waals surface area contributed by atoms with Gasteiger partial charge in [-0.15, -0.1) is 11.3 Å². The lowest BCUT2D eigenvalue weighted by Gasteiger charge is -2.36. The van der Waals surface area contributed by atoms with Crippen molar-refractivity contribution in [2.45, 2.75) is 6.04 Å². The molecule has 0 radical (unpaired) electrons. The van der Waals surface area contributed by atoms with Crippen LogP contribution in [0.25, 0.3) is 0 Å². The molecular weight excluding hydrogens is 394 g/mol. The third-order valence-electron chi connectivity index (χ3n) is 5.61. The third-order valence-corrected chi connectivity index (χ3v) is 6.56. The molecule has 1 saturated heterocycles. The third kappa shape index (κ3) is 4.83. The number of nitrogens with zero attached hydrogens (tertiary/aromatic N) is 2. The highest BCUT2D eigenvalue weighted by molar-refractivity contribution is 7.10. The molecule has 6 heteroatoms. The maximum absolute atomic E-state index is 12.9. The van der Waals surface area contributed by atoms with Crippen LogP contribution in [0.3, 0.4) is 0 Å². The molecule has 0 bridgehead atoms. The molecule has 0 saturated carbocycles. The Bertz CT molecular complexity index is 921. The summed E-state index contributed by atoms with van der Waals surface area (Å²) in [6.45, 7) is 3.68. The highest BCUT2D eigenvalue weighted by Gasteiger charge is 2.25. The van der Waals surface area contributed by atoms with Crippen LogP contribution in [0.15, 0.2) is 72.1 Å². The molecule has 1 aromatic heterocycles. The van der Waals surface area contributed by atoms with E-state index in [1.54, 1.807) is 18.4 Å². The summed E-state index contributed by atoms with van der Waals surface area (Å²) < 4.78 is 5.24. The van der Waals surface area contributed by atoms with Crippen molar-refractivity contribution in [3.8, 4) is 5.75 Å². The van der Waals surface area contributed by atoms with E-state index in [0.29, 0.717) is 6.54 Å². The highest BCUT2D eigenvalue weighted by Crippen LogP contribution is 2.23. The largest absolute Gasteiger partial charge is 0.497 e. The van der Waals surface area contributed by atoms with Crippen molar-refractivity contribution in [3.63, 3.8) is 0 Å². The smallest absolute Gasteiger partial charge is 0.277 e. The van der Waals surface area contributed by atoms with Crippen molar-refractivity contribution >= 4 is 22.9 Å². The Morgan fingerprint density at radius 1 is 1.00 bits per heavy atom. The topological polar surface area (TPSA) is 49.4 Å². The van der Waals surface area contributed by atoms with Gasteiger partial charge in [-0.05, 0) is 35.7 Å². The van der Waals surface area contributed by atoms with Crippen LogP contribution in [-0.2, 0) is 4.79 Å². The number of carbonyl (C=O) groups is 1. The van der Waals surface area contributed by atoms with E-state index in [1.807, 2.05) is 23.1 Å². The van der Waals surface area contributed by atoms with Crippen molar-refractivity contribution in [1.29, 1.82) is 0 Å². The van der Waals surface area contributed by atoms with Crippen LogP contribution in [0.4, 0.5) is 5.69 Å². The predicted molar refractivity (Wildman–Crippen MR) is 121 cm³/mol. The number of piperazine rings is 1. The van der Waals surface area contributed by atoms with Crippen LogP contribution in [0, 0.1) is 0 Å². The van der Waals surface area contributed by atoms with Crippen molar-refractivity contribution < 1.29 is 14.8 Å². The minimum Gasteiger partial charge on any atom is -0.497 e. The summed E-state index contributed by atoms with van der Waals surface area (Å²) in [5, 5.41) is 4.26. The monoisotopic (exact) mass is 422 g/mol. The number of anilines is 1. The molecule has 1 atom stereocenters. The van der Waals surface area contributed by atoms with E-state index in [4.69, 9.17) is 4.74 Å². The first kappa shape index (κ1) is 20.4. The molecule has 2 N–H and O–H groups in total. The van der Waals surface area contributed by atoms with Gasteiger partial charge in [-0.3, -0.25) is 4.79 Å². The van der Waals surface area contributed by atoms with Crippen molar-refractivity contribution in [1.82, 2.24) is 4.90 Å². The Kier molecular flexibility index (Phi) is 6.67. The number of benzene rings is 2. The molecule has 1 amide bonds. The Balaban J connectivity index is 1.33. The van der Waals surface area contributed by atoms with Gasteiger partial charge in [0, 0.05) is 37.4 Å². The van der Waals surface area contributed by atoms with Gasteiger partial charge in [0.05, 0.1) is 12.0 Å². The van der Waals surface area contributed by atoms with E-state index in [-0.39, 0.29) is 11.9 Å². The molecule has 1 aliphatic rings. The van der Waals surface area contributed by atoms with Gasteiger partial charge >= 0.3 is 0 Å². The van der Waals surface area contributed by atoms with E-state index >= 15 is 0 Å². The van der Waals surface area contributed by atoms with Crippen LogP contribution >= 0.6 is 11.3 Å². The summed E-state index contributed by atoms with van der Waals surface area (Å²) in [5.74, 6) is 1.07. The standard InChI is InChI=1S/C24H27N3O2S/c1-29-21-11-9-20(10-12-21)26-13-15-27(16-14-26)23(28)18-25-24(22-8-5-17-30-22)19-6-3-2-4-7-19/h2-12,17,24-25H,13-16,18H2,1H3/p+1/t24-/m0/s1. The van der Waals surface area contributed by atoms with Gasteiger partial charge in [-0.2, -0.15) is 0 Å². The van der Waals surface area contributed by atoms with Gasteiger partial charge in [-0.1, -0.05) is 36.4 Å². The molecule has 2 aromatic carbocycles. The van der Waals surface area contributed by atoms with Crippen molar-refractivity contribution in [3.05, 3.63) is 82.6 Å². The molecule has 3 aromatic rings. The summed E-state index contributed by atoms with van der Waals surface area (Å²) in [6, 6.07) is 22.9. The number of ether oxygens (including phenoxy) is 1. The molecule has 1 aliphatic heterocycles. The maximum Gasteiger partial charge on any atom is 0.277 e. The van der Waals surface area contributed by atoms with Crippen molar-refractivity contribution in [2.24, 2.45) is 0 Å². The molecule has 2 heterocycles.